The molecule has 1 N–H and O–H groups in total. The van der Waals surface area contributed by atoms with E-state index in [0.717, 1.165) is 12.2 Å². The topological polar surface area (TPSA) is 56.2 Å². The fourth-order valence-corrected chi connectivity index (χ4v) is 2.06. The molecule has 0 fully saturated rings. The van der Waals surface area contributed by atoms with E-state index in [0.29, 0.717) is 31.9 Å². The highest BCUT2D eigenvalue weighted by atomic mass is 19.1. The first-order valence-corrected chi connectivity index (χ1v) is 7.34. The van der Waals surface area contributed by atoms with Crippen molar-refractivity contribution in [3.05, 3.63) is 48.3 Å². The first-order chi connectivity index (χ1) is 10.7. The molecular formula is C16H20FN3O2. The third kappa shape index (κ3) is 4.87. The van der Waals surface area contributed by atoms with Crippen LogP contribution in [0.15, 0.2) is 36.7 Å². The summed E-state index contributed by atoms with van der Waals surface area (Å²) in [4.78, 5) is 16.0. The summed E-state index contributed by atoms with van der Waals surface area (Å²) >= 11 is 0. The van der Waals surface area contributed by atoms with Crippen LogP contribution in [-0.2, 0) is 17.8 Å². The lowest BCUT2D eigenvalue weighted by molar-refractivity contribution is -0.121. The van der Waals surface area contributed by atoms with Crippen LogP contribution in [0.4, 0.5) is 4.39 Å². The second-order valence-corrected chi connectivity index (χ2v) is 4.79. The summed E-state index contributed by atoms with van der Waals surface area (Å²) < 4.78 is 20.1. The van der Waals surface area contributed by atoms with Gasteiger partial charge in [-0.15, -0.1) is 0 Å². The Morgan fingerprint density at radius 1 is 1.36 bits per heavy atom. The Kier molecular flexibility index (Phi) is 5.94. The van der Waals surface area contributed by atoms with E-state index >= 15 is 0 Å². The summed E-state index contributed by atoms with van der Waals surface area (Å²) in [5.74, 6) is 1.24. The van der Waals surface area contributed by atoms with Crippen molar-refractivity contribution in [2.45, 2.75) is 26.3 Å². The van der Waals surface area contributed by atoms with Gasteiger partial charge in [0.25, 0.3) is 0 Å². The SMILES string of the molecule is CCc1nccn1CCC(=O)NCCOc1ccc(F)cc1. The van der Waals surface area contributed by atoms with Gasteiger partial charge in [-0.25, -0.2) is 9.37 Å². The van der Waals surface area contributed by atoms with Crippen molar-refractivity contribution in [3.8, 4) is 5.75 Å². The number of imidazole rings is 1. The highest BCUT2D eigenvalue weighted by Gasteiger charge is 2.04. The number of hydrogen-bond donors (Lipinski definition) is 1. The Hall–Kier alpha value is -2.37. The standard InChI is InChI=1S/C16H20FN3O2/c1-2-15-18-8-11-20(15)10-7-16(21)19-9-12-22-14-5-3-13(17)4-6-14/h3-6,8,11H,2,7,9-10,12H2,1H3,(H,19,21). The smallest absolute Gasteiger partial charge is 0.221 e. The first-order valence-electron chi connectivity index (χ1n) is 7.34. The van der Waals surface area contributed by atoms with Gasteiger partial charge < -0.3 is 14.6 Å². The van der Waals surface area contributed by atoms with Crippen LogP contribution in [0.5, 0.6) is 5.75 Å². The molecule has 0 atom stereocenters. The minimum absolute atomic E-state index is 0.0292. The number of rotatable bonds is 8. The van der Waals surface area contributed by atoms with Crippen molar-refractivity contribution in [3.63, 3.8) is 0 Å². The summed E-state index contributed by atoms with van der Waals surface area (Å²) in [7, 11) is 0. The fourth-order valence-electron chi connectivity index (χ4n) is 2.06. The Labute approximate surface area is 129 Å². The number of halogens is 1. The number of nitrogens with zero attached hydrogens (tertiary/aromatic N) is 2. The van der Waals surface area contributed by atoms with Gasteiger partial charge in [-0.1, -0.05) is 6.92 Å². The van der Waals surface area contributed by atoms with Crippen LogP contribution in [0.2, 0.25) is 0 Å². The first kappa shape index (κ1) is 16.0. The van der Waals surface area contributed by atoms with Crippen molar-refractivity contribution >= 4 is 5.91 Å². The Morgan fingerprint density at radius 3 is 2.86 bits per heavy atom. The highest BCUT2D eigenvalue weighted by molar-refractivity contribution is 5.75. The molecule has 0 radical (unpaired) electrons. The predicted molar refractivity (Wildman–Crippen MR) is 81.1 cm³/mol. The molecule has 2 rings (SSSR count). The van der Waals surface area contributed by atoms with Crippen LogP contribution in [0.1, 0.15) is 19.2 Å². The molecule has 0 saturated carbocycles. The van der Waals surface area contributed by atoms with Crippen molar-refractivity contribution in [2.24, 2.45) is 0 Å². The largest absolute Gasteiger partial charge is 0.492 e. The molecule has 0 spiro atoms. The molecule has 0 saturated heterocycles. The second kappa shape index (κ2) is 8.17. The molecule has 118 valence electrons. The van der Waals surface area contributed by atoms with Crippen LogP contribution in [0, 0.1) is 5.82 Å². The van der Waals surface area contributed by atoms with Gasteiger partial charge in [-0.3, -0.25) is 4.79 Å². The van der Waals surface area contributed by atoms with Crippen molar-refractivity contribution < 1.29 is 13.9 Å². The van der Waals surface area contributed by atoms with E-state index in [2.05, 4.69) is 10.3 Å². The van der Waals surface area contributed by atoms with Gasteiger partial charge in [0, 0.05) is 31.8 Å². The van der Waals surface area contributed by atoms with Gasteiger partial charge in [0.15, 0.2) is 0 Å². The number of ether oxygens (including phenoxy) is 1. The zero-order valence-electron chi connectivity index (χ0n) is 12.6. The zero-order valence-corrected chi connectivity index (χ0v) is 12.6. The minimum Gasteiger partial charge on any atom is -0.492 e. The Balaban J connectivity index is 1.62. The summed E-state index contributed by atoms with van der Waals surface area (Å²) in [5.41, 5.74) is 0. The Bertz CT molecular complexity index is 596. The maximum atomic E-state index is 12.7. The lowest BCUT2D eigenvalue weighted by Crippen LogP contribution is -2.28. The molecule has 0 bridgehead atoms. The van der Waals surface area contributed by atoms with Gasteiger partial charge in [0.1, 0.15) is 24.0 Å². The summed E-state index contributed by atoms with van der Waals surface area (Å²) in [5, 5.41) is 2.79. The molecular weight excluding hydrogens is 285 g/mol. The Morgan fingerprint density at radius 2 is 2.14 bits per heavy atom. The van der Waals surface area contributed by atoms with E-state index in [1.165, 1.54) is 12.1 Å². The molecule has 1 aromatic heterocycles. The van der Waals surface area contributed by atoms with Crippen LogP contribution in [-0.4, -0.2) is 28.6 Å². The number of aryl methyl sites for hydroxylation is 2. The number of hydrogen-bond acceptors (Lipinski definition) is 3. The van der Waals surface area contributed by atoms with Crippen molar-refractivity contribution in [2.75, 3.05) is 13.2 Å². The van der Waals surface area contributed by atoms with E-state index in [1.807, 2.05) is 17.7 Å². The number of nitrogens with one attached hydrogen (secondary N) is 1. The molecule has 5 nitrogen and oxygen atoms in total. The van der Waals surface area contributed by atoms with Gasteiger partial charge in [0.2, 0.25) is 5.91 Å². The van der Waals surface area contributed by atoms with Crippen molar-refractivity contribution in [1.82, 2.24) is 14.9 Å². The minimum atomic E-state index is -0.299. The van der Waals surface area contributed by atoms with E-state index in [1.54, 1.807) is 18.3 Å². The van der Waals surface area contributed by atoms with E-state index < -0.39 is 0 Å². The zero-order chi connectivity index (χ0) is 15.8. The summed E-state index contributed by atoms with van der Waals surface area (Å²) in [6, 6.07) is 5.79. The van der Waals surface area contributed by atoms with E-state index in [-0.39, 0.29) is 11.7 Å². The third-order valence-electron chi connectivity index (χ3n) is 3.20. The molecule has 0 aliphatic carbocycles. The number of carbonyl (C=O) groups excluding carboxylic acids is 1. The van der Waals surface area contributed by atoms with Gasteiger partial charge in [0.05, 0.1) is 6.54 Å². The number of benzene rings is 1. The summed E-state index contributed by atoms with van der Waals surface area (Å²) in [6.45, 7) is 3.42. The van der Waals surface area contributed by atoms with Crippen LogP contribution in [0.25, 0.3) is 0 Å². The van der Waals surface area contributed by atoms with Crippen LogP contribution in [0.3, 0.4) is 0 Å². The lowest BCUT2D eigenvalue weighted by Gasteiger charge is -2.09. The predicted octanol–water partition coefficient (Wildman–Crippen LogP) is 2.17. The number of carbonyl (C=O) groups is 1. The highest BCUT2D eigenvalue weighted by Crippen LogP contribution is 2.10. The van der Waals surface area contributed by atoms with Crippen LogP contribution < -0.4 is 10.1 Å². The van der Waals surface area contributed by atoms with E-state index in [9.17, 15) is 9.18 Å². The van der Waals surface area contributed by atoms with Gasteiger partial charge in [-0.05, 0) is 24.3 Å². The van der Waals surface area contributed by atoms with Gasteiger partial charge >= 0.3 is 0 Å². The molecule has 1 aromatic carbocycles. The maximum Gasteiger partial charge on any atom is 0.221 e. The molecule has 0 unspecified atom stereocenters. The molecule has 0 aliphatic rings. The third-order valence-corrected chi connectivity index (χ3v) is 3.20. The molecule has 0 aliphatic heterocycles. The molecule has 1 heterocycles. The van der Waals surface area contributed by atoms with Gasteiger partial charge in [-0.2, -0.15) is 0 Å². The number of amides is 1. The summed E-state index contributed by atoms with van der Waals surface area (Å²) in [6.07, 6.45) is 4.87. The average molecular weight is 305 g/mol. The molecule has 22 heavy (non-hydrogen) atoms. The fraction of sp³-hybridized carbons (Fsp3) is 0.375. The second-order valence-electron chi connectivity index (χ2n) is 4.79. The van der Waals surface area contributed by atoms with E-state index in [4.69, 9.17) is 4.74 Å². The quantitative estimate of drug-likeness (QED) is 0.761. The average Bonchev–Trinajstić information content (AvgIpc) is 2.99. The van der Waals surface area contributed by atoms with Crippen LogP contribution >= 0.6 is 0 Å². The number of aromatic nitrogens is 2. The lowest BCUT2D eigenvalue weighted by atomic mass is 10.3. The normalized spacial score (nSPS) is 10.5. The molecule has 2 aromatic rings. The maximum absolute atomic E-state index is 12.7. The molecule has 6 heteroatoms. The molecule has 1 amide bonds. The van der Waals surface area contributed by atoms with Crippen molar-refractivity contribution in [1.29, 1.82) is 0 Å². The monoisotopic (exact) mass is 305 g/mol.